The monoisotopic (exact) mass is 482 g/mol. The van der Waals surface area contributed by atoms with Gasteiger partial charge in [0.15, 0.2) is 22.4 Å². The van der Waals surface area contributed by atoms with E-state index < -0.39 is 17.8 Å². The van der Waals surface area contributed by atoms with Crippen LogP contribution in [-0.2, 0) is 12.7 Å². The molecule has 1 heterocycles. The Bertz CT molecular complexity index is 1130. The molecule has 1 aromatic heterocycles. The van der Waals surface area contributed by atoms with Gasteiger partial charge in [0.05, 0.1) is 29.8 Å². The minimum absolute atomic E-state index is 0.0327. The fourth-order valence-corrected chi connectivity index (χ4v) is 4.18. The van der Waals surface area contributed by atoms with Crippen LogP contribution in [0.25, 0.3) is 11.0 Å². The van der Waals surface area contributed by atoms with Gasteiger partial charge < -0.3 is 19.1 Å². The van der Waals surface area contributed by atoms with E-state index in [2.05, 4.69) is 4.98 Å². The minimum atomic E-state index is -4.43. The van der Waals surface area contributed by atoms with Crippen molar-refractivity contribution in [1.29, 1.82) is 0 Å². The quantitative estimate of drug-likeness (QED) is 0.316. The van der Waals surface area contributed by atoms with Crippen molar-refractivity contribution < 1.29 is 32.5 Å². The zero-order valence-corrected chi connectivity index (χ0v) is 19.3. The average Bonchev–Trinajstić information content (AvgIpc) is 3.12. The highest BCUT2D eigenvalue weighted by molar-refractivity contribution is 7.99. The number of rotatable bonds is 10. The van der Waals surface area contributed by atoms with Crippen LogP contribution in [-0.4, -0.2) is 46.0 Å². The summed E-state index contributed by atoms with van der Waals surface area (Å²) in [4.78, 5) is 16.0. The number of alkyl halides is 3. The van der Waals surface area contributed by atoms with Crippen molar-refractivity contribution in [2.45, 2.75) is 44.2 Å². The fourth-order valence-electron chi connectivity index (χ4n) is 3.24. The summed E-state index contributed by atoms with van der Waals surface area (Å²) in [6.45, 7) is 3.86. The number of carbonyl (C=O) groups is 1. The molecule has 3 aromatic rings. The van der Waals surface area contributed by atoms with Gasteiger partial charge in [0, 0.05) is 17.9 Å². The average molecular weight is 483 g/mol. The maximum absolute atomic E-state index is 13.1. The molecule has 3 rings (SSSR count). The van der Waals surface area contributed by atoms with Gasteiger partial charge in [-0.1, -0.05) is 18.7 Å². The number of aryl methyl sites for hydroxylation is 1. The van der Waals surface area contributed by atoms with Crippen LogP contribution in [0.5, 0.6) is 11.5 Å². The highest BCUT2D eigenvalue weighted by Crippen LogP contribution is 2.33. The number of ketones is 1. The summed E-state index contributed by atoms with van der Waals surface area (Å²) in [6.07, 6.45) is -4.58. The maximum atomic E-state index is 13.1. The van der Waals surface area contributed by atoms with Gasteiger partial charge in [-0.25, -0.2) is 4.98 Å². The summed E-state index contributed by atoms with van der Waals surface area (Å²) in [6, 6.07) is 8.29. The van der Waals surface area contributed by atoms with Crippen molar-refractivity contribution in [2.75, 3.05) is 19.5 Å². The molecular formula is C23H25F3N2O4S. The first-order chi connectivity index (χ1) is 15.6. The molecule has 0 fully saturated rings. The van der Waals surface area contributed by atoms with Gasteiger partial charge in [-0.2, -0.15) is 13.2 Å². The Morgan fingerprint density at radius 2 is 1.97 bits per heavy atom. The Morgan fingerprint density at radius 3 is 2.61 bits per heavy atom. The number of benzene rings is 2. The topological polar surface area (TPSA) is 73.6 Å². The molecule has 0 saturated heterocycles. The summed E-state index contributed by atoms with van der Waals surface area (Å²) in [5.41, 5.74) is 0.649. The molecule has 1 atom stereocenters. The Labute approximate surface area is 193 Å². The zero-order chi connectivity index (χ0) is 24.2. The summed E-state index contributed by atoms with van der Waals surface area (Å²) >= 11 is 1.25. The Morgan fingerprint density at radius 1 is 1.21 bits per heavy atom. The van der Waals surface area contributed by atoms with Crippen molar-refractivity contribution in [1.82, 2.24) is 9.55 Å². The number of hydrogen-bond acceptors (Lipinski definition) is 6. The van der Waals surface area contributed by atoms with E-state index in [-0.39, 0.29) is 18.1 Å². The highest BCUT2D eigenvalue weighted by Gasteiger charge is 2.31. The van der Waals surface area contributed by atoms with Crippen LogP contribution in [0.15, 0.2) is 41.6 Å². The van der Waals surface area contributed by atoms with Crippen LogP contribution in [0, 0.1) is 0 Å². The summed E-state index contributed by atoms with van der Waals surface area (Å²) in [5.74, 6) is 0.901. The van der Waals surface area contributed by atoms with Gasteiger partial charge in [-0.05, 0) is 49.7 Å². The first-order valence-electron chi connectivity index (χ1n) is 10.3. The van der Waals surface area contributed by atoms with E-state index in [0.717, 1.165) is 18.6 Å². The van der Waals surface area contributed by atoms with Gasteiger partial charge in [0.2, 0.25) is 0 Å². The number of aliphatic hydroxyl groups is 1. The van der Waals surface area contributed by atoms with Gasteiger partial charge in [0.25, 0.3) is 0 Å². The van der Waals surface area contributed by atoms with Gasteiger partial charge in [0.1, 0.15) is 6.61 Å². The lowest BCUT2D eigenvalue weighted by Gasteiger charge is -2.15. The van der Waals surface area contributed by atoms with Crippen LogP contribution in [0.1, 0.15) is 36.2 Å². The molecule has 0 aliphatic rings. The third-order valence-corrected chi connectivity index (χ3v) is 6.02. The van der Waals surface area contributed by atoms with Crippen molar-refractivity contribution >= 4 is 28.6 Å². The third-order valence-electron chi connectivity index (χ3n) is 4.89. The third kappa shape index (κ3) is 6.00. The lowest BCUT2D eigenvalue weighted by atomic mass is 10.1. The van der Waals surface area contributed by atoms with Gasteiger partial charge in [-0.15, -0.1) is 0 Å². The second kappa shape index (κ2) is 10.5. The van der Waals surface area contributed by atoms with Crippen LogP contribution in [0.2, 0.25) is 0 Å². The molecule has 1 unspecified atom stereocenters. The number of methoxy groups -OCH3 is 1. The lowest BCUT2D eigenvalue weighted by Crippen LogP contribution is -2.20. The molecule has 0 amide bonds. The minimum Gasteiger partial charge on any atom is -0.493 e. The molecule has 0 aliphatic carbocycles. The van der Waals surface area contributed by atoms with E-state index in [9.17, 15) is 23.1 Å². The van der Waals surface area contributed by atoms with E-state index in [1.165, 1.54) is 31.9 Å². The Balaban J connectivity index is 1.69. The fraction of sp³-hybridized carbons (Fsp3) is 0.391. The molecule has 178 valence electrons. The molecule has 0 radical (unpaired) electrons. The van der Waals surface area contributed by atoms with E-state index in [4.69, 9.17) is 9.47 Å². The first-order valence-corrected chi connectivity index (χ1v) is 11.3. The predicted molar refractivity (Wildman–Crippen MR) is 120 cm³/mol. The predicted octanol–water partition coefficient (Wildman–Crippen LogP) is 5.21. The molecule has 0 aliphatic heterocycles. The largest absolute Gasteiger partial charge is 0.493 e. The number of imidazole rings is 1. The normalized spacial score (nSPS) is 12.7. The van der Waals surface area contributed by atoms with Gasteiger partial charge in [-0.3, -0.25) is 4.79 Å². The van der Waals surface area contributed by atoms with E-state index in [0.29, 0.717) is 39.8 Å². The van der Waals surface area contributed by atoms with Crippen molar-refractivity contribution in [3.05, 3.63) is 47.5 Å². The van der Waals surface area contributed by atoms with Crippen molar-refractivity contribution in [3.63, 3.8) is 0 Å². The molecular weight excluding hydrogens is 457 g/mol. The van der Waals surface area contributed by atoms with E-state index in [1.807, 2.05) is 6.92 Å². The van der Waals surface area contributed by atoms with Crippen molar-refractivity contribution in [2.24, 2.45) is 0 Å². The van der Waals surface area contributed by atoms with Crippen LogP contribution < -0.4 is 9.47 Å². The van der Waals surface area contributed by atoms with Gasteiger partial charge >= 0.3 is 6.18 Å². The summed E-state index contributed by atoms with van der Waals surface area (Å²) in [5, 5.41) is 10.9. The SMILES string of the molecule is CCCn1c(SCC(O)COc2ccc(C(C)=O)cc2OC)nc2ccc(C(F)(F)F)cc21. The number of fused-ring (bicyclic) bond motifs is 1. The maximum Gasteiger partial charge on any atom is 0.416 e. The highest BCUT2D eigenvalue weighted by atomic mass is 32.2. The number of aromatic nitrogens is 2. The molecule has 0 saturated carbocycles. The first kappa shape index (κ1) is 24.9. The summed E-state index contributed by atoms with van der Waals surface area (Å²) in [7, 11) is 1.46. The molecule has 1 N–H and O–H groups in total. The van der Waals surface area contributed by atoms with Crippen molar-refractivity contribution in [3.8, 4) is 11.5 Å². The molecule has 0 bridgehead atoms. The number of hydrogen-bond donors (Lipinski definition) is 1. The van der Waals surface area contributed by atoms with Crippen LogP contribution >= 0.6 is 11.8 Å². The Hall–Kier alpha value is -2.72. The Kier molecular flexibility index (Phi) is 7.91. The number of halogens is 3. The summed E-state index contributed by atoms with van der Waals surface area (Å²) < 4.78 is 52.0. The van der Waals surface area contributed by atoms with E-state index >= 15 is 0 Å². The van der Waals surface area contributed by atoms with E-state index in [1.54, 1.807) is 22.8 Å². The number of ether oxygens (including phenoxy) is 2. The molecule has 10 heteroatoms. The second-order valence-corrected chi connectivity index (χ2v) is 8.43. The molecule has 33 heavy (non-hydrogen) atoms. The van der Waals surface area contributed by atoms with Crippen LogP contribution in [0.4, 0.5) is 13.2 Å². The number of aliphatic hydroxyl groups excluding tert-OH is 1. The van der Waals surface area contributed by atoms with Crippen LogP contribution in [0.3, 0.4) is 0 Å². The molecule has 6 nitrogen and oxygen atoms in total. The lowest BCUT2D eigenvalue weighted by molar-refractivity contribution is -0.137. The molecule has 0 spiro atoms. The number of Topliss-reactive ketones (excluding diaryl/α,β-unsaturated/α-hetero) is 1. The smallest absolute Gasteiger partial charge is 0.416 e. The number of nitrogens with zero attached hydrogens (tertiary/aromatic N) is 2. The number of carbonyl (C=O) groups excluding carboxylic acids is 1. The second-order valence-electron chi connectivity index (χ2n) is 7.44. The number of thioether (sulfide) groups is 1. The standard InChI is InChI=1S/C23H25F3N2O4S/c1-4-9-28-19-11-16(23(24,25)26)6-7-18(19)27-22(28)33-13-17(30)12-32-20-8-5-15(14(2)29)10-21(20)31-3/h5-8,10-11,17,30H,4,9,12-13H2,1-3H3. The molecule has 2 aromatic carbocycles. The zero-order valence-electron chi connectivity index (χ0n) is 18.5.